The van der Waals surface area contributed by atoms with Crippen LogP contribution in [0.1, 0.15) is 49.4 Å². The van der Waals surface area contributed by atoms with Gasteiger partial charge in [0, 0.05) is 10.3 Å². The minimum Gasteiger partial charge on any atom is -0.496 e. The molecule has 1 aliphatic heterocycles. The van der Waals surface area contributed by atoms with Gasteiger partial charge < -0.3 is 10.1 Å². The third-order valence-corrected chi connectivity index (χ3v) is 5.86. The summed E-state index contributed by atoms with van der Waals surface area (Å²) < 4.78 is 5.96. The summed E-state index contributed by atoms with van der Waals surface area (Å²) >= 11 is 2.10. The van der Waals surface area contributed by atoms with Crippen molar-refractivity contribution in [2.45, 2.75) is 51.3 Å². The molecule has 3 heteroatoms. The number of aryl methyl sites for hydroxylation is 2. The van der Waals surface area contributed by atoms with Crippen LogP contribution in [0.3, 0.4) is 0 Å². The molecule has 20 heavy (non-hydrogen) atoms. The van der Waals surface area contributed by atoms with Crippen LogP contribution >= 0.6 is 11.8 Å². The van der Waals surface area contributed by atoms with Crippen LogP contribution in [0.15, 0.2) is 12.1 Å². The molecule has 2 unspecified atom stereocenters. The maximum absolute atomic E-state index is 5.69. The molecule has 2 rings (SSSR count). The van der Waals surface area contributed by atoms with Crippen LogP contribution < -0.4 is 10.1 Å². The summed E-state index contributed by atoms with van der Waals surface area (Å²) in [5, 5.41) is 3.72. The maximum atomic E-state index is 5.69. The molecule has 112 valence electrons. The molecule has 1 N–H and O–H groups in total. The second-order valence-electron chi connectivity index (χ2n) is 5.95. The first kappa shape index (κ1) is 15.7. The van der Waals surface area contributed by atoms with Crippen molar-refractivity contribution in [2.24, 2.45) is 0 Å². The van der Waals surface area contributed by atoms with Gasteiger partial charge in [-0.2, -0.15) is 11.8 Å². The van der Waals surface area contributed by atoms with E-state index in [1.54, 1.807) is 7.11 Å². The summed E-state index contributed by atoms with van der Waals surface area (Å²) in [6.07, 6.45) is 2.59. The molecule has 0 aliphatic carbocycles. The van der Waals surface area contributed by atoms with Gasteiger partial charge in [0.25, 0.3) is 0 Å². The lowest BCUT2D eigenvalue weighted by Gasteiger charge is -2.36. The SMILES string of the molecule is CCNC(c1c(C)cc(C)cc1OC)C1(C)CCCS1. The molecule has 0 bridgehead atoms. The molecule has 1 saturated heterocycles. The van der Waals surface area contributed by atoms with E-state index in [1.165, 1.54) is 35.3 Å². The number of hydrogen-bond donors (Lipinski definition) is 1. The quantitative estimate of drug-likeness (QED) is 0.877. The fourth-order valence-corrected chi connectivity index (χ4v) is 4.75. The molecule has 1 fully saturated rings. The van der Waals surface area contributed by atoms with Crippen LogP contribution in [0.25, 0.3) is 0 Å². The Morgan fingerprint density at radius 2 is 2.15 bits per heavy atom. The Labute approximate surface area is 127 Å². The van der Waals surface area contributed by atoms with E-state index >= 15 is 0 Å². The molecule has 1 heterocycles. The lowest BCUT2D eigenvalue weighted by Crippen LogP contribution is -2.38. The lowest BCUT2D eigenvalue weighted by atomic mass is 9.86. The summed E-state index contributed by atoms with van der Waals surface area (Å²) in [6.45, 7) is 9.91. The zero-order valence-corrected chi connectivity index (χ0v) is 14.2. The van der Waals surface area contributed by atoms with Gasteiger partial charge in [-0.1, -0.05) is 13.0 Å². The predicted octanol–water partition coefficient (Wildman–Crippen LogP) is 4.25. The van der Waals surface area contributed by atoms with Crippen LogP contribution in [0.4, 0.5) is 0 Å². The smallest absolute Gasteiger partial charge is 0.124 e. The highest BCUT2D eigenvalue weighted by atomic mass is 32.2. The summed E-state index contributed by atoms with van der Waals surface area (Å²) in [4.78, 5) is 0. The Balaban J connectivity index is 2.48. The van der Waals surface area contributed by atoms with E-state index in [0.29, 0.717) is 6.04 Å². The molecular weight excluding hydrogens is 266 g/mol. The number of hydrogen-bond acceptors (Lipinski definition) is 3. The number of ether oxygens (including phenoxy) is 1. The largest absolute Gasteiger partial charge is 0.496 e. The van der Waals surface area contributed by atoms with E-state index in [4.69, 9.17) is 4.74 Å². The number of thioether (sulfide) groups is 1. The highest BCUT2D eigenvalue weighted by Crippen LogP contribution is 2.49. The van der Waals surface area contributed by atoms with Gasteiger partial charge in [0.05, 0.1) is 13.2 Å². The molecule has 0 spiro atoms. The highest BCUT2D eigenvalue weighted by molar-refractivity contribution is 8.00. The van der Waals surface area contributed by atoms with Crippen molar-refractivity contribution in [3.05, 3.63) is 28.8 Å². The summed E-state index contributed by atoms with van der Waals surface area (Å²) in [7, 11) is 1.78. The van der Waals surface area contributed by atoms with Crippen molar-refractivity contribution in [1.82, 2.24) is 5.32 Å². The normalized spacial score (nSPS) is 23.9. The van der Waals surface area contributed by atoms with E-state index in [-0.39, 0.29) is 4.75 Å². The van der Waals surface area contributed by atoms with Gasteiger partial charge in [-0.25, -0.2) is 0 Å². The van der Waals surface area contributed by atoms with E-state index in [1.807, 2.05) is 0 Å². The molecule has 1 aromatic rings. The van der Waals surface area contributed by atoms with Crippen molar-refractivity contribution < 1.29 is 4.74 Å². The molecule has 0 radical (unpaired) electrons. The fourth-order valence-electron chi connectivity index (χ4n) is 3.33. The van der Waals surface area contributed by atoms with Gasteiger partial charge in [-0.05, 0) is 63.1 Å². The monoisotopic (exact) mass is 293 g/mol. The van der Waals surface area contributed by atoms with Gasteiger partial charge in [0.2, 0.25) is 0 Å². The predicted molar refractivity (Wildman–Crippen MR) is 89.0 cm³/mol. The minimum atomic E-state index is 0.267. The molecule has 1 aliphatic rings. The van der Waals surface area contributed by atoms with Crippen LogP contribution in [-0.4, -0.2) is 24.2 Å². The van der Waals surface area contributed by atoms with Crippen molar-refractivity contribution >= 4 is 11.8 Å². The Morgan fingerprint density at radius 1 is 1.40 bits per heavy atom. The first-order valence-corrected chi connectivity index (χ1v) is 8.53. The number of nitrogens with one attached hydrogen (secondary N) is 1. The topological polar surface area (TPSA) is 21.3 Å². The van der Waals surface area contributed by atoms with Gasteiger partial charge >= 0.3 is 0 Å². The minimum absolute atomic E-state index is 0.267. The van der Waals surface area contributed by atoms with Crippen molar-refractivity contribution in [3.63, 3.8) is 0 Å². The number of rotatable bonds is 5. The highest BCUT2D eigenvalue weighted by Gasteiger charge is 2.40. The molecule has 2 nitrogen and oxygen atoms in total. The van der Waals surface area contributed by atoms with Crippen molar-refractivity contribution in [1.29, 1.82) is 0 Å². The Hall–Kier alpha value is -0.670. The number of methoxy groups -OCH3 is 1. The molecule has 0 aromatic heterocycles. The standard InChI is InChI=1S/C17H27NOS/c1-6-18-16(17(4)8-7-9-20-17)15-13(3)10-12(2)11-14(15)19-5/h10-11,16,18H,6-9H2,1-5H3. The van der Waals surface area contributed by atoms with Gasteiger partial charge in [0.15, 0.2) is 0 Å². The molecular formula is C17H27NOS. The average Bonchev–Trinajstić information content (AvgIpc) is 2.84. The summed E-state index contributed by atoms with van der Waals surface area (Å²) in [6, 6.07) is 4.79. The van der Waals surface area contributed by atoms with E-state index in [9.17, 15) is 0 Å². The summed E-state index contributed by atoms with van der Waals surface area (Å²) in [5.74, 6) is 2.30. The van der Waals surface area contributed by atoms with E-state index in [0.717, 1.165) is 12.3 Å². The Kier molecular flexibility index (Phi) is 5.03. The Bertz CT molecular complexity index is 466. The first-order chi connectivity index (χ1) is 9.51. The maximum Gasteiger partial charge on any atom is 0.124 e. The third kappa shape index (κ3) is 2.99. The number of benzene rings is 1. The second-order valence-corrected chi connectivity index (χ2v) is 7.58. The first-order valence-electron chi connectivity index (χ1n) is 7.54. The van der Waals surface area contributed by atoms with Crippen LogP contribution in [0, 0.1) is 13.8 Å². The fraction of sp³-hybridized carbons (Fsp3) is 0.647. The van der Waals surface area contributed by atoms with Crippen LogP contribution in [0.5, 0.6) is 5.75 Å². The molecule has 0 saturated carbocycles. The Morgan fingerprint density at radius 3 is 2.70 bits per heavy atom. The van der Waals surface area contributed by atoms with Crippen molar-refractivity contribution in [2.75, 3.05) is 19.4 Å². The molecule has 2 atom stereocenters. The van der Waals surface area contributed by atoms with Crippen LogP contribution in [-0.2, 0) is 0 Å². The van der Waals surface area contributed by atoms with Gasteiger partial charge in [-0.3, -0.25) is 0 Å². The van der Waals surface area contributed by atoms with Crippen LogP contribution in [0.2, 0.25) is 0 Å². The zero-order chi connectivity index (χ0) is 14.8. The van der Waals surface area contributed by atoms with Gasteiger partial charge in [0.1, 0.15) is 5.75 Å². The van der Waals surface area contributed by atoms with E-state index < -0.39 is 0 Å². The van der Waals surface area contributed by atoms with Gasteiger partial charge in [-0.15, -0.1) is 0 Å². The average molecular weight is 293 g/mol. The lowest BCUT2D eigenvalue weighted by molar-refractivity contribution is 0.374. The van der Waals surface area contributed by atoms with Crippen molar-refractivity contribution in [3.8, 4) is 5.75 Å². The third-order valence-electron chi connectivity index (χ3n) is 4.27. The molecule has 0 amide bonds. The zero-order valence-electron chi connectivity index (χ0n) is 13.4. The summed E-state index contributed by atoms with van der Waals surface area (Å²) in [5.41, 5.74) is 3.95. The second kappa shape index (κ2) is 6.40. The molecule has 1 aromatic carbocycles. The van der Waals surface area contributed by atoms with E-state index in [2.05, 4.69) is 56.9 Å².